The fourth-order valence-corrected chi connectivity index (χ4v) is 2.90. The van der Waals surface area contributed by atoms with Crippen molar-refractivity contribution in [2.75, 3.05) is 40.4 Å². The first-order chi connectivity index (χ1) is 12.6. The Morgan fingerprint density at radius 2 is 2.00 bits per heavy atom. The molecule has 1 fully saturated rings. The van der Waals surface area contributed by atoms with Crippen LogP contribution in [0.3, 0.4) is 0 Å². The van der Waals surface area contributed by atoms with Crippen LogP contribution in [0.2, 0.25) is 0 Å². The minimum Gasteiger partial charge on any atom is -0.493 e. The van der Waals surface area contributed by atoms with Crippen molar-refractivity contribution in [3.63, 3.8) is 0 Å². The predicted octanol–water partition coefficient (Wildman–Crippen LogP) is 2.78. The van der Waals surface area contributed by atoms with Gasteiger partial charge in [-0.15, -0.1) is 24.0 Å². The summed E-state index contributed by atoms with van der Waals surface area (Å²) in [6.45, 7) is 4.89. The quantitative estimate of drug-likeness (QED) is 0.278. The monoisotopic (exact) mass is 490 g/mol. The molecule has 1 aromatic rings. The third-order valence-corrected chi connectivity index (χ3v) is 4.46. The molecule has 1 amide bonds. The van der Waals surface area contributed by atoms with Gasteiger partial charge in [-0.1, -0.05) is 18.2 Å². The van der Waals surface area contributed by atoms with E-state index >= 15 is 0 Å². The first kappa shape index (κ1) is 23.3. The lowest BCUT2D eigenvalue weighted by atomic mass is 10.1. The van der Waals surface area contributed by atoms with Crippen molar-refractivity contribution in [3.8, 4) is 5.75 Å². The number of piperidine rings is 1. The average molecular weight is 490 g/mol. The van der Waals surface area contributed by atoms with Crippen LogP contribution in [0.5, 0.6) is 5.75 Å². The Balaban J connectivity index is 0.00000364. The van der Waals surface area contributed by atoms with E-state index in [0.29, 0.717) is 25.7 Å². The zero-order chi connectivity index (χ0) is 18.8. The molecule has 0 radical (unpaired) electrons. The highest BCUT2D eigenvalue weighted by Crippen LogP contribution is 2.16. The zero-order valence-corrected chi connectivity index (χ0v) is 18.7. The summed E-state index contributed by atoms with van der Waals surface area (Å²) >= 11 is 0. The summed E-state index contributed by atoms with van der Waals surface area (Å²) in [5.74, 6) is 1.73. The van der Waals surface area contributed by atoms with E-state index in [4.69, 9.17) is 9.47 Å². The molecule has 1 heterocycles. The van der Waals surface area contributed by atoms with Crippen LogP contribution >= 0.6 is 24.0 Å². The molecule has 1 aliphatic rings. The van der Waals surface area contributed by atoms with Crippen molar-refractivity contribution < 1.29 is 14.3 Å². The van der Waals surface area contributed by atoms with Gasteiger partial charge in [0.2, 0.25) is 0 Å². The molecule has 0 bridgehead atoms. The summed E-state index contributed by atoms with van der Waals surface area (Å²) in [6.07, 6.45) is 2.40. The molecular formula is C19H31IN4O3. The molecule has 152 valence electrons. The Morgan fingerprint density at radius 3 is 2.63 bits per heavy atom. The molecule has 27 heavy (non-hydrogen) atoms. The lowest BCUT2D eigenvalue weighted by Gasteiger charge is -2.32. The van der Waals surface area contributed by atoms with Crippen LogP contribution in [-0.4, -0.2) is 63.4 Å². The highest BCUT2D eigenvalue weighted by atomic mass is 127. The number of benzene rings is 1. The van der Waals surface area contributed by atoms with Crippen molar-refractivity contribution >= 4 is 36.0 Å². The summed E-state index contributed by atoms with van der Waals surface area (Å²) in [4.78, 5) is 17.5. The van der Waals surface area contributed by atoms with Gasteiger partial charge in [-0.05, 0) is 37.8 Å². The van der Waals surface area contributed by atoms with Crippen molar-refractivity contribution in [2.24, 2.45) is 4.99 Å². The number of hydrogen-bond donors (Lipinski definition) is 2. The van der Waals surface area contributed by atoms with Crippen LogP contribution in [0.1, 0.15) is 24.8 Å². The number of carbonyl (C=O) groups excluding carboxylic acids is 1. The lowest BCUT2D eigenvalue weighted by Crippen LogP contribution is -2.49. The van der Waals surface area contributed by atoms with Crippen molar-refractivity contribution in [1.29, 1.82) is 0 Å². The van der Waals surface area contributed by atoms with E-state index in [0.717, 1.165) is 43.1 Å². The number of rotatable bonds is 6. The number of aliphatic imine (C=N–C) groups is 1. The topological polar surface area (TPSA) is 75.2 Å². The van der Waals surface area contributed by atoms with Gasteiger partial charge in [0.1, 0.15) is 5.75 Å². The molecule has 0 atom stereocenters. The predicted molar refractivity (Wildman–Crippen MR) is 118 cm³/mol. The first-order valence-corrected chi connectivity index (χ1v) is 9.12. The molecule has 0 saturated carbocycles. The number of guanidine groups is 1. The SMILES string of the molecule is CN=C(NCCCOc1ccccc1C)NC1CCN(C(=O)OC)CC1.I. The Kier molecular flexibility index (Phi) is 10.9. The van der Waals surface area contributed by atoms with Gasteiger partial charge in [-0.2, -0.15) is 0 Å². The van der Waals surface area contributed by atoms with Gasteiger partial charge in [0.25, 0.3) is 0 Å². The van der Waals surface area contributed by atoms with Crippen LogP contribution in [-0.2, 0) is 4.74 Å². The summed E-state index contributed by atoms with van der Waals surface area (Å²) in [5, 5.41) is 6.74. The van der Waals surface area contributed by atoms with Gasteiger partial charge in [-0.25, -0.2) is 4.79 Å². The number of ether oxygens (including phenoxy) is 2. The summed E-state index contributed by atoms with van der Waals surface area (Å²) < 4.78 is 10.6. The molecule has 8 heteroatoms. The highest BCUT2D eigenvalue weighted by Gasteiger charge is 2.23. The normalized spacial score (nSPS) is 14.9. The number of methoxy groups -OCH3 is 1. The number of likely N-dealkylation sites (tertiary alicyclic amines) is 1. The minimum atomic E-state index is -0.250. The van der Waals surface area contributed by atoms with Crippen molar-refractivity contribution in [1.82, 2.24) is 15.5 Å². The van der Waals surface area contributed by atoms with Crippen LogP contribution in [0, 0.1) is 6.92 Å². The smallest absolute Gasteiger partial charge is 0.409 e. The molecule has 0 aromatic heterocycles. The molecular weight excluding hydrogens is 459 g/mol. The van der Waals surface area contributed by atoms with Crippen molar-refractivity contribution in [2.45, 2.75) is 32.2 Å². The molecule has 7 nitrogen and oxygen atoms in total. The molecule has 0 aliphatic carbocycles. The number of hydrogen-bond acceptors (Lipinski definition) is 4. The molecule has 1 aromatic carbocycles. The second kappa shape index (κ2) is 12.6. The van der Waals surface area contributed by atoms with E-state index in [1.807, 2.05) is 31.2 Å². The van der Waals surface area contributed by atoms with E-state index in [9.17, 15) is 4.79 Å². The maximum Gasteiger partial charge on any atom is 0.409 e. The van der Waals surface area contributed by atoms with E-state index in [-0.39, 0.29) is 30.1 Å². The molecule has 1 aliphatic heterocycles. The van der Waals surface area contributed by atoms with Crippen molar-refractivity contribution in [3.05, 3.63) is 29.8 Å². The first-order valence-electron chi connectivity index (χ1n) is 9.12. The molecule has 0 spiro atoms. The van der Waals surface area contributed by atoms with Gasteiger partial charge in [0, 0.05) is 32.7 Å². The van der Waals surface area contributed by atoms with Crippen LogP contribution in [0.4, 0.5) is 4.79 Å². The number of halogens is 1. The summed E-state index contributed by atoms with van der Waals surface area (Å²) in [5.41, 5.74) is 1.15. The third-order valence-electron chi connectivity index (χ3n) is 4.46. The second-order valence-corrected chi connectivity index (χ2v) is 6.34. The number of amides is 1. The van der Waals surface area contributed by atoms with Gasteiger partial charge in [0.15, 0.2) is 5.96 Å². The number of nitrogens with one attached hydrogen (secondary N) is 2. The number of para-hydroxylation sites is 1. The third kappa shape index (κ3) is 7.82. The Labute approximate surface area is 178 Å². The summed E-state index contributed by atoms with van der Waals surface area (Å²) in [6, 6.07) is 8.34. The summed E-state index contributed by atoms with van der Waals surface area (Å²) in [7, 11) is 3.18. The van der Waals surface area contributed by atoms with Gasteiger partial charge >= 0.3 is 6.09 Å². The zero-order valence-electron chi connectivity index (χ0n) is 16.4. The van der Waals surface area contributed by atoms with E-state index < -0.39 is 0 Å². The molecule has 2 rings (SSSR count). The molecule has 2 N–H and O–H groups in total. The average Bonchev–Trinajstić information content (AvgIpc) is 2.68. The van der Waals surface area contributed by atoms with Crippen LogP contribution in [0.15, 0.2) is 29.3 Å². The number of nitrogens with zero attached hydrogens (tertiary/aromatic N) is 2. The second-order valence-electron chi connectivity index (χ2n) is 6.34. The fourth-order valence-electron chi connectivity index (χ4n) is 2.90. The largest absolute Gasteiger partial charge is 0.493 e. The van der Waals surface area contributed by atoms with Gasteiger partial charge in [0.05, 0.1) is 13.7 Å². The number of aryl methyl sites for hydroxylation is 1. The maximum atomic E-state index is 11.5. The van der Waals surface area contributed by atoms with Crippen LogP contribution < -0.4 is 15.4 Å². The maximum absolute atomic E-state index is 11.5. The van der Waals surface area contributed by atoms with Gasteiger partial charge < -0.3 is 25.0 Å². The number of carbonyl (C=O) groups is 1. The van der Waals surface area contributed by atoms with E-state index in [1.165, 1.54) is 7.11 Å². The van der Waals surface area contributed by atoms with Gasteiger partial charge in [-0.3, -0.25) is 4.99 Å². The molecule has 1 saturated heterocycles. The van der Waals surface area contributed by atoms with E-state index in [2.05, 4.69) is 15.6 Å². The minimum absolute atomic E-state index is 0. The standard InChI is InChI=1S/C19H30N4O3.HI/c1-15-7-4-5-8-17(15)26-14-6-11-21-18(20-2)22-16-9-12-23(13-10-16)19(24)25-3;/h4-5,7-8,16H,6,9-14H2,1-3H3,(H2,20,21,22);1H. The lowest BCUT2D eigenvalue weighted by molar-refractivity contribution is 0.111. The Hall–Kier alpha value is -1.71. The Bertz CT molecular complexity index is 604. The van der Waals surface area contributed by atoms with Crippen LogP contribution in [0.25, 0.3) is 0 Å². The molecule has 0 unspecified atom stereocenters. The highest BCUT2D eigenvalue weighted by molar-refractivity contribution is 14.0. The Morgan fingerprint density at radius 1 is 1.30 bits per heavy atom. The van der Waals surface area contributed by atoms with E-state index in [1.54, 1.807) is 11.9 Å². The fraction of sp³-hybridized carbons (Fsp3) is 0.579.